The summed E-state index contributed by atoms with van der Waals surface area (Å²) in [4.78, 5) is 12.7. The van der Waals surface area contributed by atoms with Gasteiger partial charge in [0, 0.05) is 17.0 Å². The van der Waals surface area contributed by atoms with E-state index in [1.54, 1.807) is 54.1 Å². The van der Waals surface area contributed by atoms with Crippen LogP contribution in [0.4, 0.5) is 13.2 Å². The van der Waals surface area contributed by atoms with E-state index in [1.165, 1.54) is 17.8 Å². The summed E-state index contributed by atoms with van der Waals surface area (Å²) in [5.41, 5.74) is 0.974. The molecular weight excluding hydrogens is 517 g/mol. The van der Waals surface area contributed by atoms with Crippen LogP contribution in [0.2, 0.25) is 0 Å². The van der Waals surface area contributed by atoms with Gasteiger partial charge in [-0.25, -0.2) is 0 Å². The Bertz CT molecular complexity index is 1370. The average molecular weight is 543 g/mol. The Morgan fingerprint density at radius 3 is 2.37 bits per heavy atom. The minimum Gasteiger partial charge on any atom is -0.497 e. The summed E-state index contributed by atoms with van der Waals surface area (Å²) in [5.74, 6) is 1.74. The average Bonchev–Trinajstić information content (AvgIpc) is 3.33. The van der Waals surface area contributed by atoms with Gasteiger partial charge in [-0.15, -0.1) is 10.2 Å². The molecule has 0 aliphatic rings. The maximum absolute atomic E-state index is 13.1. The van der Waals surface area contributed by atoms with Gasteiger partial charge in [-0.3, -0.25) is 9.36 Å². The lowest BCUT2D eigenvalue weighted by atomic mass is 10.1. The molecular formula is C27H25F3N4O3S. The second-order valence-corrected chi connectivity index (χ2v) is 9.00. The van der Waals surface area contributed by atoms with Gasteiger partial charge in [-0.2, -0.15) is 13.2 Å². The molecule has 11 heteroatoms. The summed E-state index contributed by atoms with van der Waals surface area (Å²) in [6, 6.07) is 19.2. The summed E-state index contributed by atoms with van der Waals surface area (Å²) in [7, 11) is 1.55. The van der Waals surface area contributed by atoms with Gasteiger partial charge in [0.15, 0.2) is 11.0 Å². The number of methoxy groups -OCH3 is 1. The van der Waals surface area contributed by atoms with Crippen molar-refractivity contribution in [3.8, 4) is 17.2 Å². The number of nitrogens with zero attached hydrogens (tertiary/aromatic N) is 3. The number of aromatic nitrogens is 3. The van der Waals surface area contributed by atoms with E-state index in [2.05, 4.69) is 15.5 Å². The third-order valence-corrected chi connectivity index (χ3v) is 6.49. The number of halogens is 3. The van der Waals surface area contributed by atoms with E-state index in [0.29, 0.717) is 40.2 Å². The van der Waals surface area contributed by atoms with Gasteiger partial charge in [0.25, 0.3) is 5.91 Å². The van der Waals surface area contributed by atoms with Crippen molar-refractivity contribution < 1.29 is 27.4 Å². The molecule has 0 fully saturated rings. The number of carbonyl (C=O) groups excluding carboxylic acids is 1. The molecule has 0 atom stereocenters. The van der Waals surface area contributed by atoms with Crippen LogP contribution in [-0.4, -0.2) is 34.4 Å². The van der Waals surface area contributed by atoms with Crippen molar-refractivity contribution >= 4 is 17.7 Å². The fourth-order valence-electron chi connectivity index (χ4n) is 3.61. The Kier molecular flexibility index (Phi) is 8.57. The SMILES string of the molecule is CCOc1ccc(-n2c(CNC(=O)c3ccc(OC)cc3)nnc2SCc2cccc(C(F)(F)F)c2)cc1. The Labute approximate surface area is 222 Å². The predicted octanol–water partition coefficient (Wildman–Crippen LogP) is 5.92. The monoisotopic (exact) mass is 542 g/mol. The number of nitrogens with one attached hydrogen (secondary N) is 1. The number of rotatable bonds is 10. The fourth-order valence-corrected chi connectivity index (χ4v) is 4.53. The number of amides is 1. The van der Waals surface area contributed by atoms with Crippen LogP contribution in [0.25, 0.3) is 5.69 Å². The Morgan fingerprint density at radius 2 is 1.71 bits per heavy atom. The van der Waals surface area contributed by atoms with Crippen molar-refractivity contribution in [1.29, 1.82) is 0 Å². The number of hydrogen-bond acceptors (Lipinski definition) is 6. The maximum Gasteiger partial charge on any atom is 0.416 e. The Morgan fingerprint density at radius 1 is 1.00 bits per heavy atom. The van der Waals surface area contributed by atoms with Gasteiger partial charge in [0.2, 0.25) is 0 Å². The molecule has 0 unspecified atom stereocenters. The van der Waals surface area contributed by atoms with E-state index >= 15 is 0 Å². The van der Waals surface area contributed by atoms with Crippen LogP contribution in [0, 0.1) is 0 Å². The number of alkyl halides is 3. The second-order valence-electron chi connectivity index (χ2n) is 8.06. The molecule has 0 radical (unpaired) electrons. The summed E-state index contributed by atoms with van der Waals surface area (Å²) in [5, 5.41) is 11.8. The Balaban J connectivity index is 1.56. The molecule has 4 aromatic rings. The first kappa shape index (κ1) is 27.1. The largest absolute Gasteiger partial charge is 0.497 e. The normalized spacial score (nSPS) is 11.3. The van der Waals surface area contributed by atoms with Crippen LogP contribution >= 0.6 is 11.8 Å². The molecule has 3 aromatic carbocycles. The molecule has 198 valence electrons. The first-order valence-electron chi connectivity index (χ1n) is 11.7. The quantitative estimate of drug-likeness (QED) is 0.251. The lowest BCUT2D eigenvalue weighted by molar-refractivity contribution is -0.137. The highest BCUT2D eigenvalue weighted by molar-refractivity contribution is 7.98. The molecule has 1 amide bonds. The lowest BCUT2D eigenvalue weighted by Gasteiger charge is -2.13. The van der Waals surface area contributed by atoms with E-state index in [-0.39, 0.29) is 18.2 Å². The van der Waals surface area contributed by atoms with E-state index in [0.717, 1.165) is 17.8 Å². The van der Waals surface area contributed by atoms with Crippen LogP contribution in [-0.2, 0) is 18.5 Å². The van der Waals surface area contributed by atoms with Gasteiger partial charge < -0.3 is 14.8 Å². The summed E-state index contributed by atoms with van der Waals surface area (Å²) in [6.07, 6.45) is -4.42. The fraction of sp³-hybridized carbons (Fsp3) is 0.222. The zero-order valence-electron chi connectivity index (χ0n) is 20.7. The van der Waals surface area contributed by atoms with Crippen molar-refractivity contribution in [3.05, 3.63) is 95.3 Å². The molecule has 0 aliphatic carbocycles. The molecule has 7 nitrogen and oxygen atoms in total. The van der Waals surface area contributed by atoms with Crippen LogP contribution in [0.15, 0.2) is 78.0 Å². The summed E-state index contributed by atoms with van der Waals surface area (Å²) >= 11 is 1.25. The maximum atomic E-state index is 13.1. The molecule has 0 saturated carbocycles. The number of benzene rings is 3. The molecule has 38 heavy (non-hydrogen) atoms. The van der Waals surface area contributed by atoms with E-state index in [4.69, 9.17) is 9.47 Å². The van der Waals surface area contributed by atoms with Crippen molar-refractivity contribution in [2.75, 3.05) is 13.7 Å². The third kappa shape index (κ3) is 6.65. The highest BCUT2D eigenvalue weighted by atomic mass is 32.2. The van der Waals surface area contributed by atoms with Crippen molar-refractivity contribution in [1.82, 2.24) is 20.1 Å². The van der Waals surface area contributed by atoms with Crippen LogP contribution < -0.4 is 14.8 Å². The first-order valence-corrected chi connectivity index (χ1v) is 12.7. The molecule has 1 aromatic heterocycles. The number of ether oxygens (including phenoxy) is 2. The standard InChI is InChI=1S/C27H25F3N4O3S/c1-3-37-23-13-9-21(10-14-23)34-24(16-31-25(35)19-7-11-22(36-2)12-8-19)32-33-26(34)38-17-18-5-4-6-20(15-18)27(28,29)30/h4-15H,3,16-17H2,1-2H3,(H,31,35). The molecule has 0 saturated heterocycles. The topological polar surface area (TPSA) is 78.3 Å². The summed E-state index contributed by atoms with van der Waals surface area (Å²) in [6.45, 7) is 2.49. The smallest absolute Gasteiger partial charge is 0.416 e. The number of hydrogen-bond donors (Lipinski definition) is 1. The van der Waals surface area contributed by atoms with Gasteiger partial charge in [0.05, 0.1) is 25.8 Å². The van der Waals surface area contributed by atoms with E-state index in [1.807, 2.05) is 19.1 Å². The van der Waals surface area contributed by atoms with Crippen molar-refractivity contribution in [2.24, 2.45) is 0 Å². The van der Waals surface area contributed by atoms with Gasteiger partial charge >= 0.3 is 6.18 Å². The minimum absolute atomic E-state index is 0.0786. The Hall–Kier alpha value is -3.99. The molecule has 1 N–H and O–H groups in total. The van der Waals surface area contributed by atoms with Crippen LogP contribution in [0.1, 0.15) is 34.2 Å². The van der Waals surface area contributed by atoms with Gasteiger partial charge in [-0.05, 0) is 67.1 Å². The second kappa shape index (κ2) is 12.0. The zero-order chi connectivity index (χ0) is 27.1. The van der Waals surface area contributed by atoms with Gasteiger partial charge in [-0.1, -0.05) is 30.0 Å². The zero-order valence-corrected chi connectivity index (χ0v) is 21.5. The van der Waals surface area contributed by atoms with E-state index < -0.39 is 11.7 Å². The van der Waals surface area contributed by atoms with E-state index in [9.17, 15) is 18.0 Å². The molecule has 0 bridgehead atoms. The highest BCUT2D eigenvalue weighted by Crippen LogP contribution is 2.32. The highest BCUT2D eigenvalue weighted by Gasteiger charge is 2.30. The van der Waals surface area contributed by atoms with Crippen molar-refractivity contribution in [3.63, 3.8) is 0 Å². The first-order chi connectivity index (χ1) is 18.3. The summed E-state index contributed by atoms with van der Waals surface area (Å²) < 4.78 is 51.8. The van der Waals surface area contributed by atoms with Crippen molar-refractivity contribution in [2.45, 2.75) is 30.6 Å². The number of thioether (sulfide) groups is 1. The lowest BCUT2D eigenvalue weighted by Crippen LogP contribution is -2.24. The molecule has 1 heterocycles. The molecule has 0 aliphatic heterocycles. The predicted molar refractivity (Wildman–Crippen MR) is 138 cm³/mol. The van der Waals surface area contributed by atoms with Crippen LogP contribution in [0.3, 0.4) is 0 Å². The van der Waals surface area contributed by atoms with Crippen LogP contribution in [0.5, 0.6) is 11.5 Å². The third-order valence-electron chi connectivity index (χ3n) is 5.49. The number of carbonyl (C=O) groups is 1. The minimum atomic E-state index is -4.42. The molecule has 0 spiro atoms. The molecule has 4 rings (SSSR count). The van der Waals surface area contributed by atoms with Gasteiger partial charge in [0.1, 0.15) is 11.5 Å².